The van der Waals surface area contributed by atoms with Crippen molar-refractivity contribution in [2.75, 3.05) is 12.0 Å². The highest BCUT2D eigenvalue weighted by atomic mass is 32.2. The predicted octanol–water partition coefficient (Wildman–Crippen LogP) is 2.00. The summed E-state index contributed by atoms with van der Waals surface area (Å²) in [4.78, 5) is 16.1. The third kappa shape index (κ3) is 4.42. The van der Waals surface area contributed by atoms with Crippen LogP contribution in [0.3, 0.4) is 0 Å². The van der Waals surface area contributed by atoms with Crippen molar-refractivity contribution in [2.24, 2.45) is 0 Å². The Bertz CT molecular complexity index is 413. The maximum atomic E-state index is 11.9. The van der Waals surface area contributed by atoms with Crippen molar-refractivity contribution >= 4 is 23.4 Å². The molecule has 0 atom stereocenters. The van der Waals surface area contributed by atoms with Gasteiger partial charge in [-0.3, -0.25) is 9.78 Å². The van der Waals surface area contributed by atoms with Gasteiger partial charge < -0.3 is 11.1 Å². The molecule has 4 nitrogen and oxygen atoms in total. The van der Waals surface area contributed by atoms with Crippen LogP contribution in [0.25, 0.3) is 0 Å². The fourth-order valence-electron chi connectivity index (χ4n) is 2.43. The molecule has 1 saturated carbocycles. The second-order valence-electron chi connectivity index (χ2n) is 5.04. The van der Waals surface area contributed by atoms with Gasteiger partial charge in [0.25, 0.3) is 0 Å². The Kier molecular flexibility index (Phi) is 5.07. The minimum atomic E-state index is 0.0601. The third-order valence-electron chi connectivity index (χ3n) is 3.56. The summed E-state index contributed by atoms with van der Waals surface area (Å²) < 4.78 is 0. The van der Waals surface area contributed by atoms with Gasteiger partial charge >= 0.3 is 0 Å². The Morgan fingerprint density at radius 3 is 2.74 bits per heavy atom. The van der Waals surface area contributed by atoms with E-state index in [2.05, 4.69) is 16.6 Å². The molecule has 0 radical (unpaired) electrons. The van der Waals surface area contributed by atoms with Crippen LogP contribution in [0.1, 0.15) is 31.4 Å². The molecule has 19 heavy (non-hydrogen) atoms. The maximum absolute atomic E-state index is 11.9. The highest BCUT2D eigenvalue weighted by Crippen LogP contribution is 2.26. The van der Waals surface area contributed by atoms with Gasteiger partial charge in [0.05, 0.1) is 18.3 Å². The number of nitrogens with zero attached hydrogens (tertiary/aromatic N) is 1. The molecule has 1 fully saturated rings. The zero-order valence-electron chi connectivity index (χ0n) is 11.3. The zero-order valence-corrected chi connectivity index (χ0v) is 12.1. The standard InChI is InChI=1S/C14H21N3OS/c1-19-13-6-4-11(5-7-13)17-14(18)8-12-3-2-10(15)9-16-12/h2-3,9,11,13H,4-8,15H2,1H3,(H,17,18). The van der Waals surface area contributed by atoms with Gasteiger partial charge in [-0.2, -0.15) is 11.8 Å². The number of nitrogens with two attached hydrogens (primary N) is 1. The Hall–Kier alpha value is -1.23. The van der Waals surface area contributed by atoms with Gasteiger partial charge in [-0.1, -0.05) is 0 Å². The molecule has 1 aromatic heterocycles. The number of nitrogens with one attached hydrogen (secondary N) is 1. The summed E-state index contributed by atoms with van der Waals surface area (Å²) in [5.74, 6) is 0.0601. The lowest BCUT2D eigenvalue weighted by Crippen LogP contribution is -2.39. The molecule has 1 heterocycles. The molecule has 1 aliphatic carbocycles. The molecule has 2 rings (SSSR count). The van der Waals surface area contributed by atoms with Crippen LogP contribution >= 0.6 is 11.8 Å². The summed E-state index contributed by atoms with van der Waals surface area (Å²) in [5, 5.41) is 3.88. The highest BCUT2D eigenvalue weighted by Gasteiger charge is 2.21. The number of hydrogen-bond donors (Lipinski definition) is 2. The van der Waals surface area contributed by atoms with Crippen molar-refractivity contribution in [3.05, 3.63) is 24.0 Å². The molecule has 5 heteroatoms. The summed E-state index contributed by atoms with van der Waals surface area (Å²) in [5.41, 5.74) is 6.96. The van der Waals surface area contributed by atoms with Crippen molar-refractivity contribution < 1.29 is 4.79 Å². The molecular formula is C14H21N3OS. The summed E-state index contributed by atoms with van der Waals surface area (Å²) in [7, 11) is 0. The van der Waals surface area contributed by atoms with Gasteiger partial charge in [-0.25, -0.2) is 0 Å². The Morgan fingerprint density at radius 2 is 2.16 bits per heavy atom. The lowest BCUT2D eigenvalue weighted by molar-refractivity contribution is -0.121. The van der Waals surface area contributed by atoms with Gasteiger partial charge in [0, 0.05) is 17.0 Å². The van der Waals surface area contributed by atoms with E-state index in [0.29, 0.717) is 18.2 Å². The monoisotopic (exact) mass is 279 g/mol. The van der Waals surface area contributed by atoms with E-state index >= 15 is 0 Å². The average Bonchev–Trinajstić information content (AvgIpc) is 2.42. The van der Waals surface area contributed by atoms with E-state index < -0.39 is 0 Å². The van der Waals surface area contributed by atoms with E-state index in [1.54, 1.807) is 18.3 Å². The summed E-state index contributed by atoms with van der Waals surface area (Å²) in [6, 6.07) is 3.92. The second kappa shape index (κ2) is 6.80. The number of anilines is 1. The summed E-state index contributed by atoms with van der Waals surface area (Å²) in [6.07, 6.45) is 8.67. The average molecular weight is 279 g/mol. The van der Waals surface area contributed by atoms with E-state index in [1.807, 2.05) is 11.8 Å². The van der Waals surface area contributed by atoms with Crippen molar-refractivity contribution in [1.29, 1.82) is 0 Å². The van der Waals surface area contributed by atoms with Gasteiger partial charge in [-0.15, -0.1) is 0 Å². The normalized spacial score (nSPS) is 23.0. The lowest BCUT2D eigenvalue weighted by Gasteiger charge is -2.28. The molecule has 0 saturated heterocycles. The third-order valence-corrected chi connectivity index (χ3v) is 4.70. The number of carbonyl (C=O) groups excluding carboxylic acids is 1. The minimum Gasteiger partial charge on any atom is -0.397 e. The van der Waals surface area contributed by atoms with Crippen LogP contribution in [0.5, 0.6) is 0 Å². The molecule has 1 amide bonds. The Labute approximate surface area is 118 Å². The van der Waals surface area contributed by atoms with Crippen LogP contribution in [-0.4, -0.2) is 28.4 Å². The molecule has 104 valence electrons. The van der Waals surface area contributed by atoms with E-state index in [4.69, 9.17) is 5.73 Å². The molecule has 1 aliphatic rings. The van der Waals surface area contributed by atoms with Crippen LogP contribution in [0.2, 0.25) is 0 Å². The molecular weight excluding hydrogens is 258 g/mol. The largest absolute Gasteiger partial charge is 0.397 e. The molecule has 1 aromatic rings. The van der Waals surface area contributed by atoms with Gasteiger partial charge in [0.2, 0.25) is 5.91 Å². The molecule has 0 aromatic carbocycles. The second-order valence-corrected chi connectivity index (χ2v) is 6.17. The van der Waals surface area contributed by atoms with E-state index in [1.165, 1.54) is 12.8 Å². The number of thioether (sulfide) groups is 1. The quantitative estimate of drug-likeness (QED) is 0.884. The predicted molar refractivity (Wildman–Crippen MR) is 80.1 cm³/mol. The SMILES string of the molecule is CSC1CCC(NC(=O)Cc2ccc(N)cn2)CC1. The number of hydrogen-bond acceptors (Lipinski definition) is 4. The number of carbonyl (C=O) groups is 1. The fraction of sp³-hybridized carbons (Fsp3) is 0.571. The van der Waals surface area contributed by atoms with Crippen LogP contribution in [0.15, 0.2) is 18.3 Å². The summed E-state index contributed by atoms with van der Waals surface area (Å²) in [6.45, 7) is 0. The number of rotatable bonds is 4. The fourth-order valence-corrected chi connectivity index (χ4v) is 3.17. The molecule has 0 spiro atoms. The van der Waals surface area contributed by atoms with E-state index in [-0.39, 0.29) is 5.91 Å². The van der Waals surface area contributed by atoms with Gasteiger partial charge in [0.15, 0.2) is 0 Å². The van der Waals surface area contributed by atoms with Crippen LogP contribution in [0.4, 0.5) is 5.69 Å². The Balaban J connectivity index is 1.77. The smallest absolute Gasteiger partial charge is 0.226 e. The number of nitrogen functional groups attached to an aromatic ring is 1. The first-order valence-electron chi connectivity index (χ1n) is 6.70. The van der Waals surface area contributed by atoms with Crippen molar-refractivity contribution in [3.8, 4) is 0 Å². The van der Waals surface area contributed by atoms with Crippen molar-refractivity contribution in [2.45, 2.75) is 43.4 Å². The lowest BCUT2D eigenvalue weighted by atomic mass is 9.95. The van der Waals surface area contributed by atoms with E-state index in [9.17, 15) is 4.79 Å². The van der Waals surface area contributed by atoms with Crippen molar-refractivity contribution in [3.63, 3.8) is 0 Å². The molecule has 3 N–H and O–H groups in total. The molecule has 0 aliphatic heterocycles. The first-order chi connectivity index (χ1) is 9.17. The van der Waals surface area contributed by atoms with Crippen molar-refractivity contribution in [1.82, 2.24) is 10.3 Å². The summed E-state index contributed by atoms with van der Waals surface area (Å²) >= 11 is 1.94. The topological polar surface area (TPSA) is 68.0 Å². The highest BCUT2D eigenvalue weighted by molar-refractivity contribution is 7.99. The van der Waals surface area contributed by atoms with Gasteiger partial charge in [-0.05, 0) is 44.1 Å². The van der Waals surface area contributed by atoms with E-state index in [0.717, 1.165) is 23.8 Å². The van der Waals surface area contributed by atoms with Crippen LogP contribution < -0.4 is 11.1 Å². The number of aromatic nitrogens is 1. The molecule has 0 unspecified atom stereocenters. The first-order valence-corrected chi connectivity index (χ1v) is 7.98. The first kappa shape index (κ1) is 14.2. The minimum absolute atomic E-state index is 0.0601. The maximum Gasteiger partial charge on any atom is 0.226 e. The van der Waals surface area contributed by atoms with Crippen LogP contribution in [0, 0.1) is 0 Å². The Morgan fingerprint density at radius 1 is 1.42 bits per heavy atom. The number of pyridine rings is 1. The zero-order chi connectivity index (χ0) is 13.7. The number of amides is 1. The van der Waals surface area contributed by atoms with Gasteiger partial charge in [0.1, 0.15) is 0 Å². The molecule has 0 bridgehead atoms. The van der Waals surface area contributed by atoms with Crippen LogP contribution in [-0.2, 0) is 11.2 Å².